The van der Waals surface area contributed by atoms with Gasteiger partial charge in [0.05, 0.1) is 23.0 Å². The molecule has 0 aliphatic heterocycles. The van der Waals surface area contributed by atoms with Crippen molar-refractivity contribution in [1.82, 2.24) is 4.98 Å². The summed E-state index contributed by atoms with van der Waals surface area (Å²) in [4.78, 5) is 16.6. The summed E-state index contributed by atoms with van der Waals surface area (Å²) in [7, 11) is 1.62. The van der Waals surface area contributed by atoms with E-state index < -0.39 is 0 Å². The molecular weight excluding hydrogens is 451 g/mol. The first-order valence-corrected chi connectivity index (χ1v) is 10.8. The number of hydrogen-bond donors (Lipinski definition) is 1. The van der Waals surface area contributed by atoms with E-state index in [2.05, 4.69) is 26.2 Å². The summed E-state index contributed by atoms with van der Waals surface area (Å²) < 4.78 is 19.0. The number of benzene rings is 2. The van der Waals surface area contributed by atoms with Gasteiger partial charge in [0.1, 0.15) is 11.6 Å². The Balaban J connectivity index is 1.53. The first-order chi connectivity index (χ1) is 13.0. The lowest BCUT2D eigenvalue weighted by Gasteiger charge is -2.04. The van der Waals surface area contributed by atoms with Crippen LogP contribution in [0.5, 0.6) is 5.75 Å². The van der Waals surface area contributed by atoms with Crippen LogP contribution < -0.4 is 10.1 Å². The van der Waals surface area contributed by atoms with Crippen LogP contribution in [0.15, 0.2) is 52.3 Å². The van der Waals surface area contributed by atoms with E-state index in [-0.39, 0.29) is 11.7 Å². The number of amides is 1. The Labute approximate surface area is 173 Å². The second kappa shape index (κ2) is 9.34. The number of carbonyl (C=O) groups is 1. The lowest BCUT2D eigenvalue weighted by Crippen LogP contribution is -2.13. The van der Waals surface area contributed by atoms with Crippen LogP contribution in [0.25, 0.3) is 11.3 Å². The van der Waals surface area contributed by atoms with Crippen LogP contribution in [0.3, 0.4) is 0 Å². The number of anilines is 1. The van der Waals surface area contributed by atoms with Crippen molar-refractivity contribution in [2.75, 3.05) is 18.2 Å². The summed E-state index contributed by atoms with van der Waals surface area (Å²) in [6.07, 6.45) is 0. The zero-order valence-corrected chi connectivity index (χ0v) is 17.6. The second-order valence-electron chi connectivity index (χ2n) is 5.55. The third kappa shape index (κ3) is 5.54. The van der Waals surface area contributed by atoms with E-state index in [0.717, 1.165) is 27.0 Å². The predicted octanol–water partition coefficient (Wildman–Crippen LogP) is 5.59. The molecule has 1 amide bonds. The van der Waals surface area contributed by atoms with Gasteiger partial charge in [0.25, 0.3) is 0 Å². The average Bonchev–Trinajstić information content (AvgIpc) is 3.11. The summed E-state index contributed by atoms with van der Waals surface area (Å²) >= 11 is 6.31. The third-order valence-electron chi connectivity index (χ3n) is 3.61. The highest BCUT2D eigenvalue weighted by Crippen LogP contribution is 2.32. The third-order valence-corrected chi connectivity index (χ3v) is 5.99. The maximum absolute atomic E-state index is 12.9. The van der Waals surface area contributed by atoms with Crippen LogP contribution >= 0.6 is 39.0 Å². The van der Waals surface area contributed by atoms with Gasteiger partial charge in [0, 0.05) is 16.7 Å². The minimum Gasteiger partial charge on any atom is -0.496 e. The Morgan fingerprint density at radius 1 is 1.30 bits per heavy atom. The predicted molar refractivity (Wildman–Crippen MR) is 113 cm³/mol. The van der Waals surface area contributed by atoms with Crippen molar-refractivity contribution >= 4 is 50.1 Å². The number of nitrogens with zero attached hydrogens (tertiary/aromatic N) is 1. The van der Waals surface area contributed by atoms with Crippen molar-refractivity contribution < 1.29 is 13.9 Å². The molecule has 8 heteroatoms. The molecule has 3 rings (SSSR count). The Morgan fingerprint density at radius 2 is 2.07 bits per heavy atom. The fraction of sp³-hybridized carbons (Fsp3) is 0.158. The molecule has 0 saturated carbocycles. The monoisotopic (exact) mass is 466 g/mol. The summed E-state index contributed by atoms with van der Waals surface area (Å²) in [6, 6.07) is 12.0. The molecule has 0 bridgehead atoms. The van der Waals surface area contributed by atoms with Gasteiger partial charge in [-0.15, -0.1) is 23.1 Å². The Bertz CT molecular complexity index is 932. The lowest BCUT2D eigenvalue weighted by molar-refractivity contribution is -0.113. The second-order valence-corrected chi connectivity index (χ2v) is 8.25. The molecule has 0 radical (unpaired) electrons. The summed E-state index contributed by atoms with van der Waals surface area (Å²) in [5.74, 6) is 1.33. The Morgan fingerprint density at radius 3 is 2.78 bits per heavy atom. The number of methoxy groups -OCH3 is 1. The molecule has 1 N–H and O–H groups in total. The smallest absolute Gasteiger partial charge is 0.236 e. The molecule has 1 aromatic heterocycles. The number of rotatable bonds is 7. The number of ether oxygens (including phenoxy) is 1. The van der Waals surface area contributed by atoms with Gasteiger partial charge in [0.2, 0.25) is 5.91 Å². The van der Waals surface area contributed by atoms with Gasteiger partial charge in [-0.3, -0.25) is 4.79 Å². The average molecular weight is 467 g/mol. The molecule has 0 aliphatic rings. The SMILES string of the molecule is COc1ccc(-c2csc(NC(=O)CSCc3ccc(F)cc3)n2)cc1Br. The van der Waals surface area contributed by atoms with E-state index >= 15 is 0 Å². The minimum absolute atomic E-state index is 0.112. The van der Waals surface area contributed by atoms with E-state index in [1.165, 1.54) is 35.2 Å². The molecule has 0 fully saturated rings. The number of aromatic nitrogens is 1. The lowest BCUT2D eigenvalue weighted by atomic mass is 10.2. The van der Waals surface area contributed by atoms with Gasteiger partial charge < -0.3 is 10.1 Å². The van der Waals surface area contributed by atoms with Crippen molar-refractivity contribution in [3.8, 4) is 17.0 Å². The molecule has 0 spiro atoms. The van der Waals surface area contributed by atoms with Crippen LogP contribution in [0.2, 0.25) is 0 Å². The quantitative estimate of drug-likeness (QED) is 0.492. The van der Waals surface area contributed by atoms with E-state index in [9.17, 15) is 9.18 Å². The van der Waals surface area contributed by atoms with Gasteiger partial charge in [-0.1, -0.05) is 12.1 Å². The van der Waals surface area contributed by atoms with Crippen molar-refractivity contribution in [2.24, 2.45) is 0 Å². The van der Waals surface area contributed by atoms with Gasteiger partial charge >= 0.3 is 0 Å². The van der Waals surface area contributed by atoms with Gasteiger partial charge in [0.15, 0.2) is 5.13 Å². The van der Waals surface area contributed by atoms with Crippen molar-refractivity contribution in [1.29, 1.82) is 0 Å². The van der Waals surface area contributed by atoms with E-state index in [1.807, 2.05) is 23.6 Å². The number of hydrogen-bond acceptors (Lipinski definition) is 5. The zero-order chi connectivity index (χ0) is 19.2. The number of halogens is 2. The zero-order valence-electron chi connectivity index (χ0n) is 14.4. The van der Waals surface area contributed by atoms with Crippen LogP contribution in [0.4, 0.5) is 9.52 Å². The molecule has 0 saturated heterocycles. The first kappa shape index (κ1) is 19.9. The molecule has 27 heavy (non-hydrogen) atoms. The van der Waals surface area contributed by atoms with Crippen LogP contribution in [0.1, 0.15) is 5.56 Å². The fourth-order valence-electron chi connectivity index (χ4n) is 2.29. The van der Waals surface area contributed by atoms with Crippen molar-refractivity contribution in [3.63, 3.8) is 0 Å². The number of thioether (sulfide) groups is 1. The highest BCUT2D eigenvalue weighted by molar-refractivity contribution is 9.10. The standard InChI is InChI=1S/C19H16BrFN2O2S2/c1-25-17-7-4-13(8-15(17)20)16-10-27-19(22-16)23-18(24)11-26-9-12-2-5-14(21)6-3-12/h2-8,10H,9,11H2,1H3,(H,22,23,24). The van der Waals surface area contributed by atoms with Crippen molar-refractivity contribution in [3.05, 3.63) is 63.7 Å². The van der Waals surface area contributed by atoms with E-state index in [4.69, 9.17) is 4.74 Å². The Kier molecular flexibility index (Phi) is 6.87. The number of carbonyl (C=O) groups excluding carboxylic acids is 1. The molecule has 2 aromatic carbocycles. The van der Waals surface area contributed by atoms with E-state index in [0.29, 0.717) is 16.6 Å². The van der Waals surface area contributed by atoms with Gasteiger partial charge in [-0.25, -0.2) is 9.37 Å². The Hall–Kier alpha value is -1.90. The van der Waals surface area contributed by atoms with Crippen LogP contribution in [-0.4, -0.2) is 23.8 Å². The summed E-state index contributed by atoms with van der Waals surface area (Å²) in [5, 5.41) is 5.27. The molecule has 140 valence electrons. The van der Waals surface area contributed by atoms with E-state index in [1.54, 1.807) is 19.2 Å². The summed E-state index contributed by atoms with van der Waals surface area (Å²) in [6.45, 7) is 0. The molecule has 4 nitrogen and oxygen atoms in total. The normalized spacial score (nSPS) is 10.6. The molecule has 0 unspecified atom stereocenters. The number of thiazole rings is 1. The molecule has 0 aliphatic carbocycles. The van der Waals surface area contributed by atoms with Gasteiger partial charge in [-0.2, -0.15) is 0 Å². The van der Waals surface area contributed by atoms with Crippen molar-refractivity contribution in [2.45, 2.75) is 5.75 Å². The summed E-state index contributed by atoms with van der Waals surface area (Å²) in [5.41, 5.74) is 2.71. The maximum atomic E-state index is 12.9. The minimum atomic E-state index is -0.259. The fourth-order valence-corrected chi connectivity index (χ4v) is 4.35. The number of nitrogens with one attached hydrogen (secondary N) is 1. The van der Waals surface area contributed by atoms with Gasteiger partial charge in [-0.05, 0) is 51.8 Å². The topological polar surface area (TPSA) is 51.2 Å². The van der Waals surface area contributed by atoms with Crippen LogP contribution in [-0.2, 0) is 10.5 Å². The molecule has 1 heterocycles. The first-order valence-electron chi connectivity index (χ1n) is 7.96. The molecular formula is C19H16BrFN2O2S2. The molecule has 3 aromatic rings. The molecule has 0 atom stereocenters. The highest BCUT2D eigenvalue weighted by atomic mass is 79.9. The van der Waals surface area contributed by atoms with Crippen LogP contribution in [0, 0.1) is 5.82 Å². The highest BCUT2D eigenvalue weighted by Gasteiger charge is 2.10. The maximum Gasteiger partial charge on any atom is 0.236 e. The largest absolute Gasteiger partial charge is 0.496 e.